The Kier molecular flexibility index (Phi) is 5.60. The summed E-state index contributed by atoms with van der Waals surface area (Å²) >= 11 is 0. The van der Waals surface area contributed by atoms with E-state index in [1.165, 1.54) is 0 Å². The number of nitrogens with one attached hydrogen (secondary N) is 1. The van der Waals surface area contributed by atoms with E-state index in [1.807, 2.05) is 30.9 Å². The van der Waals surface area contributed by atoms with Crippen LogP contribution in [0.25, 0.3) is 0 Å². The summed E-state index contributed by atoms with van der Waals surface area (Å²) in [7, 11) is 0. The van der Waals surface area contributed by atoms with Crippen LogP contribution in [0.1, 0.15) is 51.6 Å². The Hall–Kier alpha value is -2.67. The fourth-order valence-corrected chi connectivity index (χ4v) is 3.37. The molecule has 7 heteroatoms. The largest absolute Gasteiger partial charge is 0.372 e. The maximum Gasteiger partial charge on any atom is 0.257 e. The second-order valence-electron chi connectivity index (χ2n) is 7.05. The van der Waals surface area contributed by atoms with Crippen LogP contribution >= 0.6 is 0 Å². The van der Waals surface area contributed by atoms with Gasteiger partial charge in [0.25, 0.3) is 11.8 Å². The van der Waals surface area contributed by atoms with E-state index in [9.17, 15) is 9.59 Å². The van der Waals surface area contributed by atoms with E-state index in [-0.39, 0.29) is 24.0 Å². The topological polar surface area (TPSA) is 84.7 Å². The first-order valence-electron chi connectivity index (χ1n) is 9.10. The molecule has 1 aromatic heterocycles. The second-order valence-corrected chi connectivity index (χ2v) is 7.05. The molecule has 0 radical (unpaired) electrons. The molecule has 2 heterocycles. The monoisotopic (exact) mass is 371 g/mol. The highest BCUT2D eigenvalue weighted by molar-refractivity contribution is 5.96. The summed E-state index contributed by atoms with van der Waals surface area (Å²) in [5, 5.41) is 6.65. The van der Waals surface area contributed by atoms with Crippen LogP contribution in [0.2, 0.25) is 0 Å². The van der Waals surface area contributed by atoms with E-state index < -0.39 is 0 Å². The van der Waals surface area contributed by atoms with Gasteiger partial charge in [0.1, 0.15) is 11.3 Å². The van der Waals surface area contributed by atoms with Crippen LogP contribution in [0.5, 0.6) is 0 Å². The zero-order valence-electron chi connectivity index (χ0n) is 16.1. The summed E-state index contributed by atoms with van der Waals surface area (Å²) in [5.41, 5.74) is 2.59. The predicted molar refractivity (Wildman–Crippen MR) is 99.5 cm³/mol. The first-order chi connectivity index (χ1) is 12.8. The van der Waals surface area contributed by atoms with Crippen LogP contribution in [-0.4, -0.2) is 47.2 Å². The van der Waals surface area contributed by atoms with E-state index >= 15 is 0 Å². The highest BCUT2D eigenvalue weighted by atomic mass is 16.5. The van der Waals surface area contributed by atoms with Crippen molar-refractivity contribution in [3.8, 4) is 0 Å². The number of amides is 2. The number of rotatable bonds is 4. The first kappa shape index (κ1) is 19.1. The van der Waals surface area contributed by atoms with Crippen LogP contribution in [0.4, 0.5) is 0 Å². The molecule has 1 aromatic carbocycles. The molecule has 0 bridgehead atoms. The summed E-state index contributed by atoms with van der Waals surface area (Å²) in [6.07, 6.45) is 0.0769. The molecule has 1 aliphatic rings. The average molecular weight is 371 g/mol. The van der Waals surface area contributed by atoms with Gasteiger partial charge in [-0.2, -0.15) is 0 Å². The molecule has 0 spiro atoms. The predicted octanol–water partition coefficient (Wildman–Crippen LogP) is 2.47. The fraction of sp³-hybridized carbons (Fsp3) is 0.450. The molecular formula is C20H25N3O4. The summed E-state index contributed by atoms with van der Waals surface area (Å²) < 4.78 is 10.7. The lowest BCUT2D eigenvalue weighted by molar-refractivity contribution is -0.0586. The van der Waals surface area contributed by atoms with Gasteiger partial charge in [-0.3, -0.25) is 9.59 Å². The molecule has 1 aliphatic heterocycles. The van der Waals surface area contributed by atoms with Crippen molar-refractivity contribution < 1.29 is 18.8 Å². The Morgan fingerprint density at radius 2 is 1.78 bits per heavy atom. The van der Waals surface area contributed by atoms with Gasteiger partial charge in [0, 0.05) is 25.2 Å². The molecule has 144 valence electrons. The van der Waals surface area contributed by atoms with E-state index in [1.54, 1.807) is 26.0 Å². The average Bonchev–Trinajstić information content (AvgIpc) is 2.97. The molecule has 7 nitrogen and oxygen atoms in total. The number of aromatic nitrogens is 1. The number of carbonyl (C=O) groups is 2. The van der Waals surface area contributed by atoms with E-state index in [0.29, 0.717) is 42.2 Å². The number of aryl methyl sites for hydroxylation is 2. The van der Waals surface area contributed by atoms with Crippen molar-refractivity contribution in [2.45, 2.75) is 46.4 Å². The Balaban J connectivity index is 1.60. The van der Waals surface area contributed by atoms with Crippen molar-refractivity contribution in [2.24, 2.45) is 0 Å². The summed E-state index contributed by atoms with van der Waals surface area (Å²) in [5.74, 6) is 0.283. The van der Waals surface area contributed by atoms with Crippen molar-refractivity contribution in [3.63, 3.8) is 0 Å². The van der Waals surface area contributed by atoms with Crippen LogP contribution < -0.4 is 5.32 Å². The van der Waals surface area contributed by atoms with E-state index in [2.05, 4.69) is 10.5 Å². The molecule has 3 rings (SSSR count). The van der Waals surface area contributed by atoms with Gasteiger partial charge >= 0.3 is 0 Å². The van der Waals surface area contributed by atoms with Crippen LogP contribution in [0.3, 0.4) is 0 Å². The highest BCUT2D eigenvalue weighted by Crippen LogP contribution is 2.16. The van der Waals surface area contributed by atoms with Gasteiger partial charge in [0.2, 0.25) is 0 Å². The van der Waals surface area contributed by atoms with Crippen molar-refractivity contribution in [3.05, 3.63) is 52.4 Å². The quantitative estimate of drug-likeness (QED) is 0.892. The molecule has 0 aliphatic carbocycles. The molecular weight excluding hydrogens is 346 g/mol. The molecule has 1 N–H and O–H groups in total. The minimum atomic E-state index is -0.220. The van der Waals surface area contributed by atoms with Crippen LogP contribution in [-0.2, 0) is 11.3 Å². The van der Waals surface area contributed by atoms with E-state index in [4.69, 9.17) is 9.26 Å². The molecule has 0 saturated carbocycles. The van der Waals surface area contributed by atoms with Gasteiger partial charge in [-0.05, 0) is 45.4 Å². The third kappa shape index (κ3) is 4.36. The second kappa shape index (κ2) is 7.92. The van der Waals surface area contributed by atoms with Gasteiger partial charge in [-0.15, -0.1) is 0 Å². The number of morpholine rings is 1. The summed E-state index contributed by atoms with van der Waals surface area (Å²) in [6, 6.07) is 7.30. The van der Waals surface area contributed by atoms with Gasteiger partial charge in [-0.1, -0.05) is 17.3 Å². The zero-order valence-corrected chi connectivity index (χ0v) is 16.1. The van der Waals surface area contributed by atoms with Crippen LogP contribution in [0, 0.1) is 13.8 Å². The minimum absolute atomic E-state index is 0.00306. The molecule has 0 unspecified atom stereocenters. The van der Waals surface area contributed by atoms with Crippen molar-refractivity contribution in [2.75, 3.05) is 13.1 Å². The van der Waals surface area contributed by atoms with Crippen LogP contribution in [0.15, 0.2) is 28.8 Å². The third-order valence-corrected chi connectivity index (χ3v) is 4.62. The number of nitrogens with zero attached hydrogens (tertiary/aromatic N) is 2. The Morgan fingerprint density at radius 3 is 2.33 bits per heavy atom. The number of hydrogen-bond acceptors (Lipinski definition) is 5. The summed E-state index contributed by atoms with van der Waals surface area (Å²) in [6.45, 7) is 8.95. The molecule has 2 aromatic rings. The molecule has 2 amide bonds. The smallest absolute Gasteiger partial charge is 0.257 e. The van der Waals surface area contributed by atoms with Crippen molar-refractivity contribution in [1.82, 2.24) is 15.4 Å². The lowest BCUT2D eigenvalue weighted by Gasteiger charge is -2.35. The Labute approximate surface area is 158 Å². The van der Waals surface area contributed by atoms with Crippen molar-refractivity contribution in [1.29, 1.82) is 0 Å². The number of ether oxygens (including phenoxy) is 1. The third-order valence-electron chi connectivity index (χ3n) is 4.62. The molecule has 1 fully saturated rings. The molecule has 1 saturated heterocycles. The lowest BCUT2D eigenvalue weighted by atomic mass is 10.1. The van der Waals surface area contributed by atoms with Gasteiger partial charge in [-0.25, -0.2) is 0 Å². The minimum Gasteiger partial charge on any atom is -0.372 e. The SMILES string of the molecule is Cc1noc(C)c1C(=O)NCc1ccc(C(=O)N2C[C@@H](C)O[C@@H](C)C2)cc1. The lowest BCUT2D eigenvalue weighted by Crippen LogP contribution is -2.48. The number of benzene rings is 1. The summed E-state index contributed by atoms with van der Waals surface area (Å²) in [4.78, 5) is 26.8. The number of carbonyl (C=O) groups excluding carboxylic acids is 2. The standard InChI is InChI=1S/C20H25N3O4/c1-12-10-23(11-13(2)26-12)20(25)17-7-5-16(6-8-17)9-21-19(24)18-14(3)22-27-15(18)4/h5-8,12-13H,9-11H2,1-4H3,(H,21,24)/t12-,13+. The Bertz CT molecular complexity index is 799. The van der Waals surface area contributed by atoms with Crippen molar-refractivity contribution >= 4 is 11.8 Å². The van der Waals surface area contributed by atoms with Gasteiger partial charge in [0.15, 0.2) is 0 Å². The zero-order chi connectivity index (χ0) is 19.6. The normalized spacial score (nSPS) is 19.8. The molecule has 27 heavy (non-hydrogen) atoms. The van der Waals surface area contributed by atoms with Gasteiger partial charge in [0.05, 0.1) is 17.9 Å². The fourth-order valence-electron chi connectivity index (χ4n) is 3.37. The maximum atomic E-state index is 12.7. The molecule has 2 atom stereocenters. The first-order valence-corrected chi connectivity index (χ1v) is 9.10. The maximum absolute atomic E-state index is 12.7. The van der Waals surface area contributed by atoms with Gasteiger partial charge < -0.3 is 19.5 Å². The number of hydrogen-bond donors (Lipinski definition) is 1. The highest BCUT2D eigenvalue weighted by Gasteiger charge is 2.26. The van der Waals surface area contributed by atoms with E-state index in [0.717, 1.165) is 5.56 Å². The Morgan fingerprint density at radius 1 is 1.15 bits per heavy atom.